The third-order valence-corrected chi connectivity index (χ3v) is 5.12. The average Bonchev–Trinajstić information content (AvgIpc) is 3.39. The van der Waals surface area contributed by atoms with Crippen LogP contribution in [0.1, 0.15) is 10.6 Å². The molecule has 4 rings (SSSR count). The highest BCUT2D eigenvalue weighted by Crippen LogP contribution is 2.33. The number of hydrogen-bond donors (Lipinski definition) is 2. The molecule has 0 aliphatic carbocycles. The van der Waals surface area contributed by atoms with E-state index in [0.29, 0.717) is 5.82 Å². The molecule has 148 valence electrons. The van der Waals surface area contributed by atoms with E-state index in [1.807, 2.05) is 46.3 Å². The highest BCUT2D eigenvalue weighted by Gasteiger charge is 2.38. The zero-order valence-electron chi connectivity index (χ0n) is 14.3. The lowest BCUT2D eigenvalue weighted by Crippen LogP contribution is -2.21. The van der Waals surface area contributed by atoms with E-state index in [2.05, 4.69) is 21.8 Å². The number of alkyl halides is 3. The summed E-state index contributed by atoms with van der Waals surface area (Å²) in [6, 6.07) is 9.69. The van der Waals surface area contributed by atoms with Crippen molar-refractivity contribution in [2.45, 2.75) is 6.18 Å². The fraction of sp³-hybridized carbons (Fsp3) is 0.0556. The van der Waals surface area contributed by atoms with Gasteiger partial charge in [-0.3, -0.25) is 4.40 Å². The van der Waals surface area contributed by atoms with Gasteiger partial charge in [0.2, 0.25) is 0 Å². The molecule has 29 heavy (non-hydrogen) atoms. The molecule has 0 aliphatic heterocycles. The number of nitrogen functional groups attached to an aromatic ring is 1. The zero-order valence-corrected chi connectivity index (χ0v) is 16.0. The Morgan fingerprint density at radius 2 is 1.97 bits per heavy atom. The molecule has 0 saturated heterocycles. The van der Waals surface area contributed by atoms with E-state index in [1.165, 1.54) is 0 Å². The summed E-state index contributed by atoms with van der Waals surface area (Å²) in [6.45, 7) is 0. The maximum Gasteiger partial charge on any atom is 0.490 e. The van der Waals surface area contributed by atoms with Gasteiger partial charge < -0.3 is 10.8 Å². The molecule has 0 fully saturated rings. The minimum Gasteiger partial charge on any atom is -0.475 e. The molecule has 4 heterocycles. The van der Waals surface area contributed by atoms with Crippen LogP contribution < -0.4 is 5.73 Å². The van der Waals surface area contributed by atoms with E-state index in [9.17, 15) is 13.2 Å². The standard InChI is InChI=1S/C16H10N4S2.C2HF3O2/c17-15-14(19-16-20(15)9-10-21-16)13-7-6-12(22-13)5-4-11-3-1-2-8-18-11;3-2(4,5)1(6)7/h1-3,6-10H,17H2;(H,6,7). The Morgan fingerprint density at radius 1 is 1.21 bits per heavy atom. The fourth-order valence-electron chi connectivity index (χ4n) is 2.08. The molecule has 0 unspecified atom stereocenters. The molecule has 0 bridgehead atoms. The van der Waals surface area contributed by atoms with Crippen molar-refractivity contribution >= 4 is 39.4 Å². The number of hydrogen-bond acceptors (Lipinski definition) is 6. The number of rotatable bonds is 1. The Kier molecular flexibility index (Phi) is 5.86. The molecule has 0 aromatic carbocycles. The van der Waals surface area contributed by atoms with Crippen molar-refractivity contribution < 1.29 is 23.1 Å². The fourth-order valence-corrected chi connectivity index (χ4v) is 3.66. The van der Waals surface area contributed by atoms with Crippen LogP contribution in [0.5, 0.6) is 0 Å². The van der Waals surface area contributed by atoms with Gasteiger partial charge in [0.25, 0.3) is 0 Å². The lowest BCUT2D eigenvalue weighted by atomic mass is 10.3. The molecular formula is C18H11F3N4O2S2. The van der Waals surface area contributed by atoms with Crippen molar-refractivity contribution in [1.29, 1.82) is 0 Å². The Morgan fingerprint density at radius 3 is 2.59 bits per heavy atom. The predicted molar refractivity (Wildman–Crippen MR) is 105 cm³/mol. The molecule has 0 saturated carbocycles. The SMILES string of the molecule is Nc1c(-c2ccc(C#Cc3ccccn3)s2)nc2sccn12.O=C(O)C(F)(F)F. The van der Waals surface area contributed by atoms with E-state index >= 15 is 0 Å². The highest BCUT2D eigenvalue weighted by atomic mass is 32.1. The number of fused-ring (bicyclic) bond motifs is 1. The number of carboxylic acids is 1. The van der Waals surface area contributed by atoms with Crippen molar-refractivity contribution in [1.82, 2.24) is 14.4 Å². The summed E-state index contributed by atoms with van der Waals surface area (Å²) >= 11 is 3.16. The molecule has 11 heteroatoms. The van der Waals surface area contributed by atoms with Gasteiger partial charge in [0.1, 0.15) is 17.2 Å². The lowest BCUT2D eigenvalue weighted by Gasteiger charge is -1.93. The largest absolute Gasteiger partial charge is 0.490 e. The van der Waals surface area contributed by atoms with Crippen LogP contribution in [0, 0.1) is 11.8 Å². The van der Waals surface area contributed by atoms with Crippen LogP contribution in [0.3, 0.4) is 0 Å². The average molecular weight is 436 g/mol. The number of carboxylic acid groups (broad SMARTS) is 1. The van der Waals surface area contributed by atoms with Gasteiger partial charge in [-0.05, 0) is 36.1 Å². The number of nitrogens with zero attached hydrogens (tertiary/aromatic N) is 3. The third-order valence-electron chi connectivity index (χ3n) is 3.36. The minimum atomic E-state index is -5.08. The van der Waals surface area contributed by atoms with Gasteiger partial charge in [-0.1, -0.05) is 6.07 Å². The lowest BCUT2D eigenvalue weighted by molar-refractivity contribution is -0.192. The summed E-state index contributed by atoms with van der Waals surface area (Å²) < 4.78 is 33.6. The van der Waals surface area contributed by atoms with E-state index in [1.54, 1.807) is 28.9 Å². The van der Waals surface area contributed by atoms with Crippen LogP contribution in [0.4, 0.5) is 19.0 Å². The molecule has 0 amide bonds. The monoisotopic (exact) mass is 436 g/mol. The summed E-state index contributed by atoms with van der Waals surface area (Å²) in [4.78, 5) is 20.6. The maximum absolute atomic E-state index is 10.6. The van der Waals surface area contributed by atoms with Crippen molar-refractivity contribution in [3.05, 3.63) is 58.7 Å². The van der Waals surface area contributed by atoms with Gasteiger partial charge in [0, 0.05) is 17.8 Å². The quantitative estimate of drug-likeness (QED) is 0.438. The number of aliphatic carboxylic acids is 1. The highest BCUT2D eigenvalue weighted by molar-refractivity contribution is 7.16. The summed E-state index contributed by atoms with van der Waals surface area (Å²) in [5.41, 5.74) is 7.74. The first-order chi connectivity index (χ1) is 13.8. The van der Waals surface area contributed by atoms with Crippen LogP contribution in [0.2, 0.25) is 0 Å². The zero-order chi connectivity index (χ0) is 21.0. The summed E-state index contributed by atoms with van der Waals surface area (Å²) in [5.74, 6) is 4.10. The number of carbonyl (C=O) groups is 1. The van der Waals surface area contributed by atoms with Crippen molar-refractivity contribution in [3.8, 4) is 22.4 Å². The number of thiazole rings is 1. The van der Waals surface area contributed by atoms with Gasteiger partial charge in [0.15, 0.2) is 4.96 Å². The molecule has 0 atom stereocenters. The van der Waals surface area contributed by atoms with Gasteiger partial charge >= 0.3 is 12.1 Å². The van der Waals surface area contributed by atoms with Gasteiger partial charge in [-0.25, -0.2) is 14.8 Å². The maximum atomic E-state index is 10.6. The Balaban J connectivity index is 0.000000298. The molecule has 0 radical (unpaired) electrons. The van der Waals surface area contributed by atoms with Crippen molar-refractivity contribution in [2.24, 2.45) is 0 Å². The second-order valence-electron chi connectivity index (χ2n) is 5.33. The molecule has 6 nitrogen and oxygen atoms in total. The first-order valence-corrected chi connectivity index (χ1v) is 9.49. The van der Waals surface area contributed by atoms with Crippen LogP contribution in [-0.4, -0.2) is 31.6 Å². The van der Waals surface area contributed by atoms with Crippen LogP contribution in [-0.2, 0) is 4.79 Å². The smallest absolute Gasteiger partial charge is 0.475 e. The number of aromatic nitrogens is 3. The van der Waals surface area contributed by atoms with Crippen LogP contribution >= 0.6 is 22.7 Å². The Bertz CT molecular complexity index is 1200. The molecule has 0 spiro atoms. The summed E-state index contributed by atoms with van der Waals surface area (Å²) in [6.07, 6.45) is -1.41. The third kappa shape index (κ3) is 4.92. The molecule has 4 aromatic rings. The number of imidazole rings is 1. The molecule has 4 aromatic heterocycles. The first kappa shape index (κ1) is 20.4. The Labute approximate surface area is 170 Å². The topological polar surface area (TPSA) is 93.5 Å². The number of thiophene rings is 1. The summed E-state index contributed by atoms with van der Waals surface area (Å²) in [7, 11) is 0. The predicted octanol–water partition coefficient (Wildman–Crippen LogP) is 4.13. The number of anilines is 1. The van der Waals surface area contributed by atoms with Crippen LogP contribution in [0.15, 0.2) is 48.1 Å². The normalized spacial score (nSPS) is 10.7. The second-order valence-corrected chi connectivity index (χ2v) is 7.29. The molecular weight excluding hydrogens is 425 g/mol. The number of halogens is 3. The Hall–Kier alpha value is -3.36. The van der Waals surface area contributed by atoms with Crippen molar-refractivity contribution in [2.75, 3.05) is 5.73 Å². The first-order valence-electron chi connectivity index (χ1n) is 7.80. The van der Waals surface area contributed by atoms with E-state index in [4.69, 9.17) is 15.6 Å². The van der Waals surface area contributed by atoms with E-state index in [-0.39, 0.29) is 0 Å². The number of nitrogens with two attached hydrogens (primary N) is 1. The van der Waals surface area contributed by atoms with Gasteiger partial charge in [-0.15, -0.1) is 22.7 Å². The number of pyridine rings is 1. The summed E-state index contributed by atoms with van der Waals surface area (Å²) in [5, 5.41) is 9.10. The van der Waals surface area contributed by atoms with E-state index in [0.717, 1.165) is 26.1 Å². The molecule has 0 aliphatic rings. The van der Waals surface area contributed by atoms with Gasteiger partial charge in [-0.2, -0.15) is 13.2 Å². The van der Waals surface area contributed by atoms with Crippen LogP contribution in [0.25, 0.3) is 15.5 Å². The second kappa shape index (κ2) is 8.34. The van der Waals surface area contributed by atoms with Crippen molar-refractivity contribution in [3.63, 3.8) is 0 Å². The molecule has 3 N–H and O–H groups in total. The minimum absolute atomic E-state index is 0.669. The van der Waals surface area contributed by atoms with Gasteiger partial charge in [0.05, 0.1) is 9.75 Å². The van der Waals surface area contributed by atoms with E-state index < -0.39 is 12.1 Å².